The Balaban J connectivity index is 1.24. The Hall–Kier alpha value is -2.45. The highest BCUT2D eigenvalue weighted by Gasteiger charge is 2.44. The zero-order chi connectivity index (χ0) is 22.2. The van der Waals surface area contributed by atoms with Crippen LogP contribution in [0, 0.1) is 12.8 Å². The Morgan fingerprint density at radius 1 is 1.19 bits per heavy atom. The Labute approximate surface area is 190 Å². The first-order chi connectivity index (χ1) is 15.5. The van der Waals surface area contributed by atoms with Crippen LogP contribution in [0.2, 0.25) is 0 Å². The topological polar surface area (TPSA) is 76.1 Å². The van der Waals surface area contributed by atoms with Gasteiger partial charge in [0.05, 0.1) is 11.9 Å². The molecule has 2 saturated heterocycles. The Morgan fingerprint density at radius 3 is 2.59 bits per heavy atom. The van der Waals surface area contributed by atoms with Gasteiger partial charge in [-0.3, -0.25) is 14.6 Å². The summed E-state index contributed by atoms with van der Waals surface area (Å²) >= 11 is 0. The maximum Gasteiger partial charge on any atom is 0.270 e. The number of amides is 1. The lowest BCUT2D eigenvalue weighted by molar-refractivity contribution is 0.0220. The van der Waals surface area contributed by atoms with E-state index in [1.54, 1.807) is 6.20 Å². The predicted octanol–water partition coefficient (Wildman–Crippen LogP) is 2.25. The predicted molar refractivity (Wildman–Crippen MR) is 127 cm³/mol. The summed E-state index contributed by atoms with van der Waals surface area (Å²) in [6.07, 6.45) is 11.5. The van der Waals surface area contributed by atoms with Crippen LogP contribution in [0.5, 0.6) is 0 Å². The highest BCUT2D eigenvalue weighted by Crippen LogP contribution is 2.37. The first-order valence-corrected chi connectivity index (χ1v) is 12.0. The Kier molecular flexibility index (Phi) is 5.90. The van der Waals surface area contributed by atoms with Crippen LogP contribution < -0.4 is 10.6 Å². The SMILES string of the molecule is CCNC(=O)c1ncc(NC2=NC=CC(N3C[C@H]4CC[C@@H](C3)N4CC3CC3)N2C)cc1C. The van der Waals surface area contributed by atoms with E-state index in [-0.39, 0.29) is 12.1 Å². The number of anilines is 1. The van der Waals surface area contributed by atoms with Crippen LogP contribution in [0.4, 0.5) is 5.69 Å². The highest BCUT2D eigenvalue weighted by atomic mass is 16.1. The van der Waals surface area contributed by atoms with E-state index in [0.717, 1.165) is 36.2 Å². The molecule has 2 N–H and O–H groups in total. The van der Waals surface area contributed by atoms with Crippen LogP contribution in [0.1, 0.15) is 48.7 Å². The Bertz CT molecular complexity index is 911. The van der Waals surface area contributed by atoms with Gasteiger partial charge in [-0.15, -0.1) is 0 Å². The monoisotopic (exact) mass is 437 g/mol. The molecule has 3 atom stereocenters. The molecule has 3 aliphatic heterocycles. The second kappa shape index (κ2) is 8.83. The second-order valence-corrected chi connectivity index (χ2v) is 9.67. The van der Waals surface area contributed by atoms with Crippen molar-refractivity contribution in [3.05, 3.63) is 35.8 Å². The molecule has 172 valence electrons. The number of carbonyl (C=O) groups is 1. The molecule has 4 heterocycles. The van der Waals surface area contributed by atoms with Crippen LogP contribution in [0.15, 0.2) is 29.5 Å². The molecule has 0 radical (unpaired) electrons. The van der Waals surface area contributed by atoms with Crippen LogP contribution in [0.3, 0.4) is 0 Å². The number of nitrogens with one attached hydrogen (secondary N) is 2. The lowest BCUT2D eigenvalue weighted by atomic mass is 10.1. The number of hydrogen-bond acceptors (Lipinski definition) is 7. The van der Waals surface area contributed by atoms with Crippen molar-refractivity contribution < 1.29 is 4.79 Å². The van der Waals surface area contributed by atoms with E-state index >= 15 is 0 Å². The van der Waals surface area contributed by atoms with E-state index in [2.05, 4.69) is 48.4 Å². The molecule has 0 spiro atoms. The van der Waals surface area contributed by atoms with Gasteiger partial charge in [-0.2, -0.15) is 0 Å². The zero-order valence-electron chi connectivity index (χ0n) is 19.4. The fourth-order valence-electron chi connectivity index (χ4n) is 5.41. The van der Waals surface area contributed by atoms with Gasteiger partial charge in [-0.1, -0.05) is 0 Å². The number of aromatic nitrogens is 1. The molecular formula is C24H35N7O. The number of piperazine rings is 1. The molecule has 8 nitrogen and oxygen atoms in total. The van der Waals surface area contributed by atoms with Crippen molar-refractivity contribution in [3.8, 4) is 0 Å². The average Bonchev–Trinajstić information content (AvgIpc) is 3.55. The molecule has 4 aliphatic rings. The number of carbonyl (C=O) groups excluding carboxylic acids is 1. The van der Waals surface area contributed by atoms with Gasteiger partial charge in [0.1, 0.15) is 11.9 Å². The van der Waals surface area contributed by atoms with Crippen LogP contribution >= 0.6 is 0 Å². The largest absolute Gasteiger partial charge is 0.351 e. The van der Waals surface area contributed by atoms with Crippen molar-refractivity contribution in [3.63, 3.8) is 0 Å². The van der Waals surface area contributed by atoms with Gasteiger partial charge in [0.15, 0.2) is 0 Å². The van der Waals surface area contributed by atoms with E-state index < -0.39 is 0 Å². The summed E-state index contributed by atoms with van der Waals surface area (Å²) in [5.41, 5.74) is 2.15. The molecule has 1 saturated carbocycles. The van der Waals surface area contributed by atoms with E-state index in [1.165, 1.54) is 32.2 Å². The summed E-state index contributed by atoms with van der Waals surface area (Å²) in [7, 11) is 2.10. The summed E-state index contributed by atoms with van der Waals surface area (Å²) in [5, 5.41) is 6.22. The van der Waals surface area contributed by atoms with Gasteiger partial charge in [0.2, 0.25) is 5.96 Å². The van der Waals surface area contributed by atoms with Crippen molar-refractivity contribution in [2.24, 2.45) is 10.9 Å². The number of guanidine groups is 1. The number of likely N-dealkylation sites (tertiary alicyclic amines) is 1. The number of hydrogen-bond donors (Lipinski definition) is 2. The molecule has 1 unspecified atom stereocenters. The molecule has 0 aromatic carbocycles. The maximum atomic E-state index is 12.1. The average molecular weight is 438 g/mol. The van der Waals surface area contributed by atoms with Gasteiger partial charge in [0.25, 0.3) is 5.91 Å². The van der Waals surface area contributed by atoms with Crippen molar-refractivity contribution in [2.45, 2.75) is 57.8 Å². The summed E-state index contributed by atoms with van der Waals surface area (Å²) < 4.78 is 0. The summed E-state index contributed by atoms with van der Waals surface area (Å²) in [5.74, 6) is 1.63. The van der Waals surface area contributed by atoms with Gasteiger partial charge in [-0.25, -0.2) is 9.98 Å². The van der Waals surface area contributed by atoms with Crippen molar-refractivity contribution in [1.82, 2.24) is 25.0 Å². The minimum absolute atomic E-state index is 0.137. The van der Waals surface area contributed by atoms with Gasteiger partial charge in [0, 0.05) is 51.5 Å². The number of fused-ring (bicyclic) bond motifs is 2. The van der Waals surface area contributed by atoms with Crippen molar-refractivity contribution in [1.29, 1.82) is 0 Å². The minimum Gasteiger partial charge on any atom is -0.351 e. The van der Waals surface area contributed by atoms with Gasteiger partial charge in [-0.05, 0) is 63.2 Å². The minimum atomic E-state index is -0.137. The molecular weight excluding hydrogens is 402 g/mol. The van der Waals surface area contributed by atoms with E-state index in [4.69, 9.17) is 0 Å². The standard InChI is InChI=1S/C24H35N7O/c1-4-25-23(32)22-16(2)11-18(12-27-22)28-24-26-10-9-21(29(24)3)30-14-19-7-8-20(15-30)31(19)13-17-5-6-17/h9-12,17,19-21H,4-8,13-15H2,1-3H3,(H,25,32)(H,26,28)/t19-,20+,21?. The van der Waals surface area contributed by atoms with Crippen LogP contribution in [-0.4, -0.2) is 83.0 Å². The number of likely N-dealkylation sites (N-methyl/N-ethyl adjacent to an activating group) is 1. The molecule has 1 aliphatic carbocycles. The van der Waals surface area contributed by atoms with Crippen LogP contribution in [0.25, 0.3) is 0 Å². The van der Waals surface area contributed by atoms with E-state index in [0.29, 0.717) is 24.3 Å². The lowest BCUT2D eigenvalue weighted by Gasteiger charge is -2.46. The van der Waals surface area contributed by atoms with Crippen molar-refractivity contribution in [2.75, 3.05) is 38.5 Å². The number of aliphatic imine (C=N–C) groups is 1. The summed E-state index contributed by atoms with van der Waals surface area (Å²) in [6, 6.07) is 3.35. The smallest absolute Gasteiger partial charge is 0.270 e. The van der Waals surface area contributed by atoms with E-state index in [1.807, 2.05) is 26.1 Å². The number of aryl methyl sites for hydroxylation is 1. The summed E-state index contributed by atoms with van der Waals surface area (Å²) in [6.45, 7) is 7.96. The third-order valence-corrected chi connectivity index (χ3v) is 7.27. The molecule has 1 aromatic heterocycles. The maximum absolute atomic E-state index is 12.1. The van der Waals surface area contributed by atoms with Gasteiger partial charge < -0.3 is 15.5 Å². The lowest BCUT2D eigenvalue weighted by Crippen LogP contribution is -2.61. The fourth-order valence-corrected chi connectivity index (χ4v) is 5.41. The second-order valence-electron chi connectivity index (χ2n) is 9.67. The number of pyridine rings is 1. The van der Waals surface area contributed by atoms with Gasteiger partial charge >= 0.3 is 0 Å². The normalized spacial score (nSPS) is 28.0. The third-order valence-electron chi connectivity index (χ3n) is 7.27. The highest BCUT2D eigenvalue weighted by molar-refractivity contribution is 5.96. The number of nitrogens with zero attached hydrogens (tertiary/aromatic N) is 5. The third kappa shape index (κ3) is 4.26. The van der Waals surface area contributed by atoms with Crippen molar-refractivity contribution >= 4 is 17.6 Å². The Morgan fingerprint density at radius 2 is 1.94 bits per heavy atom. The molecule has 1 aromatic rings. The molecule has 32 heavy (non-hydrogen) atoms. The van der Waals surface area contributed by atoms with Crippen LogP contribution in [-0.2, 0) is 0 Å². The summed E-state index contributed by atoms with van der Waals surface area (Å²) in [4.78, 5) is 28.7. The fraction of sp³-hybridized carbons (Fsp3) is 0.625. The quantitative estimate of drug-likeness (QED) is 0.711. The molecule has 5 rings (SSSR count). The first kappa shape index (κ1) is 21.4. The first-order valence-electron chi connectivity index (χ1n) is 12.0. The molecule has 2 bridgehead atoms. The molecule has 1 amide bonds. The molecule has 3 fully saturated rings. The van der Waals surface area contributed by atoms with E-state index in [9.17, 15) is 4.79 Å². The zero-order valence-corrected chi connectivity index (χ0v) is 19.4. The number of rotatable bonds is 6. The molecule has 8 heteroatoms.